The van der Waals surface area contributed by atoms with Crippen molar-refractivity contribution in [1.82, 2.24) is 0 Å². The van der Waals surface area contributed by atoms with E-state index in [-0.39, 0.29) is 11.1 Å². The van der Waals surface area contributed by atoms with Crippen LogP contribution in [0.4, 0.5) is 13.2 Å². The zero-order valence-electron chi connectivity index (χ0n) is 8.39. The minimum Gasteiger partial charge on any atom is -0.324 e. The molecule has 0 aliphatic rings. The van der Waals surface area contributed by atoms with Crippen molar-refractivity contribution < 1.29 is 13.2 Å². The highest BCUT2D eigenvalue weighted by atomic mass is 35.5. The molecule has 1 aromatic carbocycles. The summed E-state index contributed by atoms with van der Waals surface area (Å²) in [7, 11) is 0. The molecule has 0 fully saturated rings. The second kappa shape index (κ2) is 4.89. The first-order chi connectivity index (χ1) is 7.36. The van der Waals surface area contributed by atoms with E-state index in [0.29, 0.717) is 12.0 Å². The molecule has 2 N–H and O–H groups in total. The molecule has 0 aromatic heterocycles. The van der Waals surface area contributed by atoms with Crippen LogP contribution in [0.3, 0.4) is 0 Å². The van der Waals surface area contributed by atoms with Crippen molar-refractivity contribution in [2.75, 3.05) is 0 Å². The molecule has 0 aliphatic carbocycles. The van der Waals surface area contributed by atoms with Gasteiger partial charge in [-0.15, -0.1) is 6.58 Å². The maximum absolute atomic E-state index is 12.4. The molecule has 0 radical (unpaired) electrons. The van der Waals surface area contributed by atoms with Crippen molar-refractivity contribution in [3.05, 3.63) is 47.0 Å². The minimum atomic E-state index is -4.43. The Hall–Kier alpha value is -1.00. The minimum absolute atomic E-state index is 0.329. The maximum Gasteiger partial charge on any atom is 0.417 e. The van der Waals surface area contributed by atoms with Crippen LogP contribution in [0, 0.1) is 0 Å². The summed E-state index contributed by atoms with van der Waals surface area (Å²) in [5.41, 5.74) is 5.45. The largest absolute Gasteiger partial charge is 0.417 e. The van der Waals surface area contributed by atoms with Crippen molar-refractivity contribution in [2.24, 2.45) is 5.73 Å². The lowest BCUT2D eigenvalue weighted by atomic mass is 10.0. The Balaban J connectivity index is 3.04. The molecule has 0 bridgehead atoms. The first-order valence-electron chi connectivity index (χ1n) is 4.59. The smallest absolute Gasteiger partial charge is 0.324 e. The zero-order valence-corrected chi connectivity index (χ0v) is 9.15. The van der Waals surface area contributed by atoms with Crippen LogP contribution in [0.2, 0.25) is 5.02 Å². The Labute approximate surface area is 96.7 Å². The van der Waals surface area contributed by atoms with Gasteiger partial charge in [-0.05, 0) is 24.1 Å². The Morgan fingerprint density at radius 2 is 2.06 bits per heavy atom. The average molecular weight is 250 g/mol. The fourth-order valence-electron chi connectivity index (χ4n) is 1.31. The highest BCUT2D eigenvalue weighted by Crippen LogP contribution is 2.35. The number of benzene rings is 1. The summed E-state index contributed by atoms with van der Waals surface area (Å²) in [6, 6.07) is 3.15. The van der Waals surface area contributed by atoms with E-state index in [1.165, 1.54) is 12.1 Å². The van der Waals surface area contributed by atoms with E-state index in [0.717, 1.165) is 6.07 Å². The van der Waals surface area contributed by atoms with Crippen LogP contribution in [0.25, 0.3) is 0 Å². The number of halogens is 4. The second-order valence-corrected chi connectivity index (χ2v) is 3.78. The van der Waals surface area contributed by atoms with Gasteiger partial charge in [0.25, 0.3) is 0 Å². The lowest BCUT2D eigenvalue weighted by Gasteiger charge is -2.13. The van der Waals surface area contributed by atoms with E-state index in [4.69, 9.17) is 17.3 Å². The van der Waals surface area contributed by atoms with Gasteiger partial charge in [-0.25, -0.2) is 0 Å². The molecule has 1 atom stereocenters. The summed E-state index contributed by atoms with van der Waals surface area (Å²) in [6.07, 6.45) is -2.34. The number of hydrogen-bond acceptors (Lipinski definition) is 1. The van der Waals surface area contributed by atoms with Gasteiger partial charge in [0.05, 0.1) is 10.6 Å². The molecule has 5 heteroatoms. The normalized spacial score (nSPS) is 13.6. The van der Waals surface area contributed by atoms with Gasteiger partial charge in [0.1, 0.15) is 0 Å². The Morgan fingerprint density at radius 3 is 2.50 bits per heavy atom. The van der Waals surface area contributed by atoms with Crippen LogP contribution in [0.5, 0.6) is 0 Å². The molecule has 0 heterocycles. The lowest BCUT2D eigenvalue weighted by molar-refractivity contribution is -0.137. The van der Waals surface area contributed by atoms with Crippen molar-refractivity contribution >= 4 is 11.6 Å². The van der Waals surface area contributed by atoms with Crippen LogP contribution in [-0.4, -0.2) is 0 Å². The molecule has 16 heavy (non-hydrogen) atoms. The standard InChI is InChI=1S/C11H11ClF3N/c1-2-3-10(16)7-4-5-8(9(12)6-7)11(13,14)15/h2,4-6,10H,1,3,16H2/t10-/m1/s1. The predicted molar refractivity (Wildman–Crippen MR) is 58.2 cm³/mol. The van der Waals surface area contributed by atoms with E-state index in [2.05, 4.69) is 6.58 Å². The Kier molecular flexibility index (Phi) is 3.99. The molecule has 0 saturated carbocycles. The summed E-state index contributed by atoms with van der Waals surface area (Å²) >= 11 is 5.56. The molecule has 0 saturated heterocycles. The Bertz CT molecular complexity index is 387. The van der Waals surface area contributed by atoms with Crippen molar-refractivity contribution in [3.63, 3.8) is 0 Å². The van der Waals surface area contributed by atoms with Gasteiger partial charge in [0.15, 0.2) is 0 Å². The fourth-order valence-corrected chi connectivity index (χ4v) is 1.60. The predicted octanol–water partition coefficient (Wildman–Crippen LogP) is 3.93. The molecule has 0 aliphatic heterocycles. The van der Waals surface area contributed by atoms with Crippen molar-refractivity contribution in [2.45, 2.75) is 18.6 Å². The van der Waals surface area contributed by atoms with E-state index in [1.807, 2.05) is 0 Å². The molecular formula is C11H11ClF3N. The molecule has 1 aromatic rings. The average Bonchev–Trinajstić information content (AvgIpc) is 2.16. The molecule has 0 unspecified atom stereocenters. The third kappa shape index (κ3) is 3.00. The summed E-state index contributed by atoms with van der Waals surface area (Å²) in [4.78, 5) is 0. The van der Waals surface area contributed by atoms with Gasteiger partial charge in [-0.2, -0.15) is 13.2 Å². The molecule has 0 spiro atoms. The van der Waals surface area contributed by atoms with E-state index in [9.17, 15) is 13.2 Å². The van der Waals surface area contributed by atoms with Gasteiger partial charge in [0.2, 0.25) is 0 Å². The SMILES string of the molecule is C=CC[C@@H](N)c1ccc(C(F)(F)F)c(Cl)c1. The maximum atomic E-state index is 12.4. The van der Waals surface area contributed by atoms with Crippen LogP contribution < -0.4 is 5.73 Å². The number of nitrogens with two attached hydrogens (primary N) is 1. The number of hydrogen-bond donors (Lipinski definition) is 1. The van der Waals surface area contributed by atoms with Crippen LogP contribution in [-0.2, 0) is 6.18 Å². The number of alkyl halides is 3. The zero-order chi connectivity index (χ0) is 12.3. The molecule has 88 valence electrons. The first kappa shape index (κ1) is 13.1. The monoisotopic (exact) mass is 249 g/mol. The van der Waals surface area contributed by atoms with E-state index < -0.39 is 11.7 Å². The van der Waals surface area contributed by atoms with E-state index in [1.54, 1.807) is 6.08 Å². The summed E-state index contributed by atoms with van der Waals surface area (Å²) in [5.74, 6) is 0. The van der Waals surface area contributed by atoms with Gasteiger partial charge in [-0.3, -0.25) is 0 Å². The van der Waals surface area contributed by atoms with Crippen LogP contribution in [0.1, 0.15) is 23.6 Å². The summed E-state index contributed by atoms with van der Waals surface area (Å²) < 4.78 is 37.2. The summed E-state index contributed by atoms with van der Waals surface area (Å²) in [5, 5.41) is -0.329. The third-order valence-corrected chi connectivity index (χ3v) is 2.46. The molecule has 1 nitrogen and oxygen atoms in total. The fraction of sp³-hybridized carbons (Fsp3) is 0.273. The quantitative estimate of drug-likeness (QED) is 0.807. The van der Waals surface area contributed by atoms with Gasteiger partial charge < -0.3 is 5.73 Å². The lowest BCUT2D eigenvalue weighted by Crippen LogP contribution is -2.11. The molecular weight excluding hydrogens is 239 g/mol. The van der Waals surface area contributed by atoms with Gasteiger partial charge in [0, 0.05) is 6.04 Å². The topological polar surface area (TPSA) is 26.0 Å². The highest BCUT2D eigenvalue weighted by molar-refractivity contribution is 6.31. The van der Waals surface area contributed by atoms with Crippen LogP contribution in [0.15, 0.2) is 30.9 Å². The van der Waals surface area contributed by atoms with E-state index >= 15 is 0 Å². The highest BCUT2D eigenvalue weighted by Gasteiger charge is 2.33. The Morgan fingerprint density at radius 1 is 1.44 bits per heavy atom. The summed E-state index contributed by atoms with van der Waals surface area (Å²) in [6.45, 7) is 3.51. The first-order valence-corrected chi connectivity index (χ1v) is 4.97. The van der Waals surface area contributed by atoms with Crippen molar-refractivity contribution in [1.29, 1.82) is 0 Å². The number of rotatable bonds is 3. The van der Waals surface area contributed by atoms with Crippen molar-refractivity contribution in [3.8, 4) is 0 Å². The third-order valence-electron chi connectivity index (χ3n) is 2.15. The second-order valence-electron chi connectivity index (χ2n) is 3.37. The molecule has 1 rings (SSSR count). The van der Waals surface area contributed by atoms with Gasteiger partial charge in [-0.1, -0.05) is 23.7 Å². The van der Waals surface area contributed by atoms with Gasteiger partial charge >= 0.3 is 6.18 Å². The van der Waals surface area contributed by atoms with Crippen LogP contribution >= 0.6 is 11.6 Å². The molecule has 0 amide bonds.